The third-order valence-electron chi connectivity index (χ3n) is 7.11. The van der Waals surface area contributed by atoms with Gasteiger partial charge < -0.3 is 10.2 Å². The lowest BCUT2D eigenvalue weighted by molar-refractivity contribution is -0.140. The van der Waals surface area contributed by atoms with Crippen LogP contribution in [0.4, 0.5) is 10.1 Å². The van der Waals surface area contributed by atoms with Crippen LogP contribution >= 0.6 is 23.2 Å². The fraction of sp³-hybridized carbons (Fsp3) is 0.235. The van der Waals surface area contributed by atoms with Crippen molar-refractivity contribution in [2.45, 2.75) is 44.2 Å². The van der Waals surface area contributed by atoms with Gasteiger partial charge in [-0.15, -0.1) is 0 Å². The molecule has 0 aromatic heterocycles. The highest BCUT2D eigenvalue weighted by Crippen LogP contribution is 2.30. The van der Waals surface area contributed by atoms with E-state index in [9.17, 15) is 22.4 Å². The number of hydrogen-bond donors (Lipinski definition) is 1. The SMILES string of the molecule is CCCNC(=O)[C@H](Cc1ccccc1)N(Cc1ccc(F)cc1)C(=O)CN(c1cc(Cl)cc(Cl)c1)S(=O)(=O)c1ccc(C)cc1. The van der Waals surface area contributed by atoms with Gasteiger partial charge in [-0.05, 0) is 66.9 Å². The fourth-order valence-electron chi connectivity index (χ4n) is 4.76. The highest BCUT2D eigenvalue weighted by atomic mass is 35.5. The van der Waals surface area contributed by atoms with Crippen molar-refractivity contribution in [1.29, 1.82) is 0 Å². The number of nitrogens with one attached hydrogen (secondary N) is 1. The molecule has 4 rings (SSSR count). The maximum absolute atomic E-state index is 14.4. The topological polar surface area (TPSA) is 86.8 Å². The van der Waals surface area contributed by atoms with Gasteiger partial charge in [0.1, 0.15) is 18.4 Å². The van der Waals surface area contributed by atoms with Gasteiger partial charge in [0.15, 0.2) is 0 Å². The van der Waals surface area contributed by atoms with Gasteiger partial charge in [0, 0.05) is 29.6 Å². The largest absolute Gasteiger partial charge is 0.354 e. The van der Waals surface area contributed by atoms with E-state index < -0.39 is 40.2 Å². The molecule has 7 nitrogen and oxygen atoms in total. The first-order chi connectivity index (χ1) is 21.5. The van der Waals surface area contributed by atoms with Crippen molar-refractivity contribution in [3.8, 4) is 0 Å². The Kier molecular flexibility index (Phi) is 11.6. The molecule has 1 atom stereocenters. The van der Waals surface area contributed by atoms with E-state index in [1.807, 2.05) is 44.2 Å². The van der Waals surface area contributed by atoms with E-state index in [1.165, 1.54) is 59.5 Å². The normalized spacial score (nSPS) is 11.9. The number of carbonyl (C=O) groups excluding carboxylic acids is 2. The van der Waals surface area contributed by atoms with Gasteiger partial charge in [-0.3, -0.25) is 13.9 Å². The van der Waals surface area contributed by atoms with Gasteiger partial charge in [0.05, 0.1) is 10.6 Å². The van der Waals surface area contributed by atoms with Crippen LogP contribution in [0.1, 0.15) is 30.0 Å². The van der Waals surface area contributed by atoms with E-state index in [-0.39, 0.29) is 33.6 Å². The molecule has 0 radical (unpaired) electrons. The Morgan fingerprint density at radius 2 is 1.49 bits per heavy atom. The van der Waals surface area contributed by atoms with Crippen LogP contribution in [0.5, 0.6) is 0 Å². The standard InChI is InChI=1S/C34H34Cl2FN3O4S/c1-3-17-38-34(42)32(18-25-7-5-4-6-8-25)39(22-26-11-13-29(37)14-12-26)33(41)23-40(30-20-27(35)19-28(36)21-30)45(43,44)31-15-9-24(2)10-16-31/h4-16,19-21,32H,3,17-18,22-23H2,1-2H3,(H,38,42)/t32-/m0/s1. The zero-order chi connectivity index (χ0) is 32.6. The third kappa shape index (κ3) is 9.06. The van der Waals surface area contributed by atoms with E-state index in [4.69, 9.17) is 23.2 Å². The monoisotopic (exact) mass is 669 g/mol. The van der Waals surface area contributed by atoms with E-state index in [2.05, 4.69) is 5.32 Å². The lowest BCUT2D eigenvalue weighted by Crippen LogP contribution is -2.53. The summed E-state index contributed by atoms with van der Waals surface area (Å²) in [6, 6.07) is 24.3. The number of anilines is 1. The minimum Gasteiger partial charge on any atom is -0.354 e. The van der Waals surface area contributed by atoms with E-state index in [0.29, 0.717) is 18.5 Å². The van der Waals surface area contributed by atoms with Crippen molar-refractivity contribution in [3.63, 3.8) is 0 Å². The Hall–Kier alpha value is -3.92. The molecule has 0 saturated heterocycles. The number of hydrogen-bond acceptors (Lipinski definition) is 4. The second kappa shape index (κ2) is 15.4. The molecular formula is C34H34Cl2FN3O4S. The summed E-state index contributed by atoms with van der Waals surface area (Å²) in [5.41, 5.74) is 2.30. The number of sulfonamides is 1. The van der Waals surface area contributed by atoms with Crippen LogP contribution in [0.2, 0.25) is 10.0 Å². The van der Waals surface area contributed by atoms with Crippen molar-refractivity contribution in [2.24, 2.45) is 0 Å². The maximum Gasteiger partial charge on any atom is 0.264 e. The van der Waals surface area contributed by atoms with Crippen LogP contribution < -0.4 is 9.62 Å². The van der Waals surface area contributed by atoms with Crippen LogP contribution in [0.3, 0.4) is 0 Å². The van der Waals surface area contributed by atoms with Crippen molar-refractivity contribution >= 4 is 50.7 Å². The first kappa shape index (κ1) is 34.0. The molecule has 0 aliphatic carbocycles. The first-order valence-electron chi connectivity index (χ1n) is 14.4. The molecule has 2 amide bonds. The number of rotatable bonds is 13. The first-order valence-corrected chi connectivity index (χ1v) is 16.6. The molecule has 0 unspecified atom stereocenters. The van der Waals surface area contributed by atoms with Gasteiger partial charge in [-0.25, -0.2) is 12.8 Å². The minimum absolute atomic E-state index is 0.0383. The van der Waals surface area contributed by atoms with E-state index in [0.717, 1.165) is 15.4 Å². The summed E-state index contributed by atoms with van der Waals surface area (Å²) in [6.07, 6.45) is 0.838. The fourth-order valence-corrected chi connectivity index (χ4v) is 6.67. The van der Waals surface area contributed by atoms with Crippen molar-refractivity contribution < 1.29 is 22.4 Å². The van der Waals surface area contributed by atoms with Crippen LogP contribution in [-0.2, 0) is 32.6 Å². The van der Waals surface area contributed by atoms with Crippen molar-refractivity contribution in [1.82, 2.24) is 10.2 Å². The molecule has 0 aliphatic heterocycles. The van der Waals surface area contributed by atoms with Crippen molar-refractivity contribution in [2.75, 3.05) is 17.4 Å². The summed E-state index contributed by atoms with van der Waals surface area (Å²) >= 11 is 12.6. The molecule has 0 saturated carbocycles. The van der Waals surface area contributed by atoms with Gasteiger partial charge >= 0.3 is 0 Å². The summed E-state index contributed by atoms with van der Waals surface area (Å²) < 4.78 is 43.0. The molecule has 1 N–H and O–H groups in total. The number of nitrogens with zero attached hydrogens (tertiary/aromatic N) is 2. The lowest BCUT2D eigenvalue weighted by Gasteiger charge is -2.34. The number of halogens is 3. The highest BCUT2D eigenvalue weighted by Gasteiger charge is 2.34. The smallest absolute Gasteiger partial charge is 0.264 e. The van der Waals surface area contributed by atoms with E-state index in [1.54, 1.807) is 12.1 Å². The molecule has 0 aliphatic rings. The molecule has 4 aromatic carbocycles. The average Bonchev–Trinajstić information content (AvgIpc) is 3.01. The second-order valence-electron chi connectivity index (χ2n) is 10.6. The van der Waals surface area contributed by atoms with E-state index >= 15 is 0 Å². The molecule has 4 aromatic rings. The summed E-state index contributed by atoms with van der Waals surface area (Å²) in [5, 5.41) is 3.24. The summed E-state index contributed by atoms with van der Waals surface area (Å²) in [4.78, 5) is 29.4. The Morgan fingerprint density at radius 1 is 0.867 bits per heavy atom. The minimum atomic E-state index is -4.31. The molecule has 0 spiro atoms. The van der Waals surface area contributed by atoms with Crippen LogP contribution in [-0.4, -0.2) is 44.3 Å². The summed E-state index contributed by atoms with van der Waals surface area (Å²) in [7, 11) is -4.31. The molecule has 11 heteroatoms. The quantitative estimate of drug-likeness (QED) is 0.170. The van der Waals surface area contributed by atoms with Gasteiger partial charge in [-0.2, -0.15) is 0 Å². The zero-order valence-electron chi connectivity index (χ0n) is 24.9. The summed E-state index contributed by atoms with van der Waals surface area (Å²) in [6.45, 7) is 3.39. The number of carbonyl (C=O) groups is 2. The van der Waals surface area contributed by atoms with Crippen LogP contribution in [0.25, 0.3) is 0 Å². The number of benzene rings is 4. The molecule has 236 valence electrons. The van der Waals surface area contributed by atoms with Gasteiger partial charge in [-0.1, -0.05) is 90.3 Å². The predicted molar refractivity (Wildman–Crippen MR) is 176 cm³/mol. The van der Waals surface area contributed by atoms with Crippen LogP contribution in [0, 0.1) is 12.7 Å². The molecule has 0 bridgehead atoms. The summed E-state index contributed by atoms with van der Waals surface area (Å²) in [5.74, 6) is -1.50. The van der Waals surface area contributed by atoms with Gasteiger partial charge in [0.25, 0.3) is 10.0 Å². The Balaban J connectivity index is 1.81. The second-order valence-corrected chi connectivity index (χ2v) is 13.3. The molecule has 45 heavy (non-hydrogen) atoms. The number of amides is 2. The Bertz CT molecular complexity index is 1700. The van der Waals surface area contributed by atoms with Gasteiger partial charge in [0.2, 0.25) is 11.8 Å². The molecular weight excluding hydrogens is 636 g/mol. The van der Waals surface area contributed by atoms with Crippen molar-refractivity contribution in [3.05, 3.63) is 130 Å². The lowest BCUT2D eigenvalue weighted by atomic mass is 10.0. The molecule has 0 fully saturated rings. The maximum atomic E-state index is 14.4. The van der Waals surface area contributed by atoms with Crippen LogP contribution in [0.15, 0.2) is 102 Å². The predicted octanol–water partition coefficient (Wildman–Crippen LogP) is 6.80. The Labute approximate surface area is 273 Å². The Morgan fingerprint density at radius 3 is 2.09 bits per heavy atom. The molecule has 0 heterocycles. The number of aryl methyl sites for hydroxylation is 1. The third-order valence-corrected chi connectivity index (χ3v) is 9.33. The highest BCUT2D eigenvalue weighted by molar-refractivity contribution is 7.92. The zero-order valence-corrected chi connectivity index (χ0v) is 27.2. The average molecular weight is 671 g/mol.